The summed E-state index contributed by atoms with van der Waals surface area (Å²) in [5, 5.41) is 14.3. The number of H-pyrrole nitrogens is 1. The number of aliphatic carboxylic acids is 1. The molecular weight excluding hydrogens is 388 g/mol. The van der Waals surface area contributed by atoms with Crippen LogP contribution in [-0.2, 0) is 20.8 Å². The van der Waals surface area contributed by atoms with E-state index in [0.717, 1.165) is 0 Å². The van der Waals surface area contributed by atoms with E-state index in [9.17, 15) is 19.5 Å². The zero-order valence-corrected chi connectivity index (χ0v) is 16.1. The van der Waals surface area contributed by atoms with Crippen molar-refractivity contribution >= 4 is 36.4 Å². The SMILES string of the molecule is NC(N)=NCCC[C@H](NC(=O)[C@@H](N)CS)C(=O)N[C@@H](Cc1cnc[nH]1)C(=O)O. The molecule has 0 spiro atoms. The molecule has 0 unspecified atom stereocenters. The number of nitrogens with zero attached hydrogens (tertiary/aromatic N) is 2. The highest BCUT2D eigenvalue weighted by molar-refractivity contribution is 7.80. The Kier molecular flexibility index (Phi) is 9.81. The number of aliphatic imine (C=N–C) groups is 1. The Morgan fingerprint density at radius 3 is 2.46 bits per heavy atom. The summed E-state index contributed by atoms with van der Waals surface area (Å²) in [5.41, 5.74) is 16.7. The van der Waals surface area contributed by atoms with E-state index in [1.54, 1.807) is 0 Å². The second kappa shape index (κ2) is 11.8. The maximum atomic E-state index is 12.6. The van der Waals surface area contributed by atoms with Crippen LogP contribution in [0, 0.1) is 0 Å². The van der Waals surface area contributed by atoms with Crippen LogP contribution in [0.15, 0.2) is 17.5 Å². The molecule has 0 saturated heterocycles. The van der Waals surface area contributed by atoms with Crippen molar-refractivity contribution in [3.63, 3.8) is 0 Å². The van der Waals surface area contributed by atoms with Crippen LogP contribution in [0.1, 0.15) is 18.5 Å². The maximum absolute atomic E-state index is 12.6. The number of imidazole rings is 1. The number of carbonyl (C=O) groups excluding carboxylic acids is 2. The average Bonchev–Trinajstić information content (AvgIpc) is 3.15. The Hall–Kier alpha value is -2.80. The molecule has 10 N–H and O–H groups in total. The molecule has 12 nitrogen and oxygen atoms in total. The minimum absolute atomic E-state index is 0.00585. The van der Waals surface area contributed by atoms with Gasteiger partial charge in [-0.15, -0.1) is 0 Å². The molecule has 0 aliphatic rings. The molecule has 0 radical (unpaired) electrons. The Bertz CT molecular complexity index is 678. The van der Waals surface area contributed by atoms with E-state index >= 15 is 0 Å². The largest absolute Gasteiger partial charge is 0.480 e. The standard InChI is InChI=1S/C15H26N8O4S/c16-9(6-28)12(24)22-10(2-1-3-20-15(17)18)13(25)23-11(14(26)27)4-8-5-19-7-21-8/h5,7,9-11,28H,1-4,6,16H2,(H,19,21)(H,22,24)(H,23,25)(H,26,27)(H4,17,18,20)/t9-,10-,11-/m0/s1. The molecule has 156 valence electrons. The van der Waals surface area contributed by atoms with Crippen LogP contribution in [0.2, 0.25) is 0 Å². The van der Waals surface area contributed by atoms with Crippen LogP contribution >= 0.6 is 12.6 Å². The van der Waals surface area contributed by atoms with Gasteiger partial charge >= 0.3 is 5.97 Å². The van der Waals surface area contributed by atoms with Gasteiger partial charge in [0.05, 0.1) is 12.4 Å². The fourth-order valence-electron chi connectivity index (χ4n) is 2.22. The normalized spacial score (nSPS) is 13.8. The topological polar surface area (TPSA) is 215 Å². The number of aromatic nitrogens is 2. The van der Waals surface area contributed by atoms with Gasteiger partial charge in [-0.2, -0.15) is 12.6 Å². The highest BCUT2D eigenvalue weighted by atomic mass is 32.1. The van der Waals surface area contributed by atoms with Gasteiger partial charge in [0.25, 0.3) is 0 Å². The van der Waals surface area contributed by atoms with Crippen LogP contribution in [0.3, 0.4) is 0 Å². The van der Waals surface area contributed by atoms with Crippen molar-refractivity contribution in [1.29, 1.82) is 0 Å². The summed E-state index contributed by atoms with van der Waals surface area (Å²) >= 11 is 3.95. The number of nitrogens with two attached hydrogens (primary N) is 3. The van der Waals surface area contributed by atoms with Crippen molar-refractivity contribution in [2.45, 2.75) is 37.4 Å². The number of nitrogens with one attached hydrogen (secondary N) is 3. The highest BCUT2D eigenvalue weighted by Gasteiger charge is 2.27. The van der Waals surface area contributed by atoms with Crippen LogP contribution < -0.4 is 27.8 Å². The van der Waals surface area contributed by atoms with Gasteiger partial charge in [0, 0.05) is 30.6 Å². The lowest BCUT2D eigenvalue weighted by atomic mass is 10.1. The zero-order chi connectivity index (χ0) is 21.1. The van der Waals surface area contributed by atoms with Crippen molar-refractivity contribution in [1.82, 2.24) is 20.6 Å². The quantitative estimate of drug-likeness (QED) is 0.0778. The molecule has 0 bridgehead atoms. The molecule has 0 aliphatic heterocycles. The number of hydrogen-bond acceptors (Lipinski definition) is 7. The van der Waals surface area contributed by atoms with Gasteiger partial charge in [0.2, 0.25) is 11.8 Å². The van der Waals surface area contributed by atoms with E-state index in [1.165, 1.54) is 12.5 Å². The first-order valence-electron chi connectivity index (χ1n) is 8.47. The number of aromatic amines is 1. The minimum Gasteiger partial charge on any atom is -0.480 e. The van der Waals surface area contributed by atoms with Crippen LogP contribution in [-0.4, -0.2) is 69.2 Å². The van der Waals surface area contributed by atoms with E-state index < -0.39 is 35.9 Å². The molecule has 1 aromatic heterocycles. The van der Waals surface area contributed by atoms with E-state index in [1.807, 2.05) is 0 Å². The van der Waals surface area contributed by atoms with E-state index in [0.29, 0.717) is 12.1 Å². The van der Waals surface area contributed by atoms with Gasteiger partial charge in [0.15, 0.2) is 5.96 Å². The number of amides is 2. The Morgan fingerprint density at radius 1 is 1.25 bits per heavy atom. The first-order chi connectivity index (χ1) is 13.2. The molecule has 1 aromatic rings. The lowest BCUT2D eigenvalue weighted by Gasteiger charge is -2.22. The second-order valence-corrected chi connectivity index (χ2v) is 6.34. The molecule has 13 heteroatoms. The van der Waals surface area contributed by atoms with Crippen LogP contribution in [0.25, 0.3) is 0 Å². The molecule has 0 saturated carbocycles. The van der Waals surface area contributed by atoms with Gasteiger partial charge in [-0.05, 0) is 12.8 Å². The van der Waals surface area contributed by atoms with Crippen molar-refractivity contribution < 1.29 is 19.5 Å². The first kappa shape index (κ1) is 23.2. The third-order valence-electron chi connectivity index (χ3n) is 3.71. The summed E-state index contributed by atoms with van der Waals surface area (Å²) in [6.07, 6.45) is 3.44. The fourth-order valence-corrected chi connectivity index (χ4v) is 2.39. The maximum Gasteiger partial charge on any atom is 0.326 e. The van der Waals surface area contributed by atoms with Crippen molar-refractivity contribution in [3.8, 4) is 0 Å². The van der Waals surface area contributed by atoms with Crippen LogP contribution in [0.5, 0.6) is 0 Å². The van der Waals surface area contributed by atoms with Crippen molar-refractivity contribution in [2.75, 3.05) is 12.3 Å². The third kappa shape index (κ3) is 8.26. The van der Waals surface area contributed by atoms with E-state index in [2.05, 4.69) is 38.2 Å². The zero-order valence-electron chi connectivity index (χ0n) is 15.2. The number of thiol groups is 1. The van der Waals surface area contributed by atoms with Gasteiger partial charge in [-0.25, -0.2) is 9.78 Å². The Labute approximate surface area is 167 Å². The Balaban J connectivity index is 2.80. The number of carboxylic acid groups (broad SMARTS) is 1. The molecule has 28 heavy (non-hydrogen) atoms. The number of hydrogen-bond donors (Lipinski definition) is 8. The van der Waals surface area contributed by atoms with E-state index in [-0.39, 0.29) is 31.1 Å². The summed E-state index contributed by atoms with van der Waals surface area (Å²) in [7, 11) is 0. The smallest absolute Gasteiger partial charge is 0.326 e. The predicted octanol–water partition coefficient (Wildman–Crippen LogP) is -2.68. The average molecular weight is 414 g/mol. The molecule has 0 aliphatic carbocycles. The molecule has 1 heterocycles. The lowest BCUT2D eigenvalue weighted by molar-refractivity contribution is -0.142. The summed E-state index contributed by atoms with van der Waals surface area (Å²) in [5.74, 6) is -2.45. The number of carboxylic acids is 1. The van der Waals surface area contributed by atoms with Crippen molar-refractivity contribution in [2.24, 2.45) is 22.2 Å². The number of carbonyl (C=O) groups is 3. The lowest BCUT2D eigenvalue weighted by Crippen LogP contribution is -2.55. The second-order valence-electron chi connectivity index (χ2n) is 5.98. The fraction of sp³-hybridized carbons (Fsp3) is 0.533. The van der Waals surface area contributed by atoms with E-state index in [4.69, 9.17) is 17.2 Å². The minimum atomic E-state index is -1.22. The third-order valence-corrected chi connectivity index (χ3v) is 4.10. The molecule has 0 aromatic carbocycles. The number of guanidine groups is 1. The molecule has 3 atom stereocenters. The summed E-state index contributed by atoms with van der Waals surface area (Å²) in [4.78, 5) is 46.5. The van der Waals surface area contributed by atoms with Gasteiger partial charge < -0.3 is 37.9 Å². The van der Waals surface area contributed by atoms with Gasteiger partial charge in [0.1, 0.15) is 12.1 Å². The molecule has 1 rings (SSSR count). The first-order valence-corrected chi connectivity index (χ1v) is 9.10. The van der Waals surface area contributed by atoms with Gasteiger partial charge in [-0.1, -0.05) is 0 Å². The number of rotatable bonds is 12. The summed E-state index contributed by atoms with van der Waals surface area (Å²) < 4.78 is 0. The summed E-state index contributed by atoms with van der Waals surface area (Å²) in [6.45, 7) is 0.247. The monoisotopic (exact) mass is 414 g/mol. The Morgan fingerprint density at radius 2 is 1.93 bits per heavy atom. The van der Waals surface area contributed by atoms with Crippen molar-refractivity contribution in [3.05, 3.63) is 18.2 Å². The van der Waals surface area contributed by atoms with Crippen LogP contribution in [0.4, 0.5) is 0 Å². The predicted molar refractivity (Wildman–Crippen MR) is 106 cm³/mol. The molecular formula is C15H26N8O4S. The molecule has 0 fully saturated rings. The summed E-state index contributed by atoms with van der Waals surface area (Å²) in [6, 6.07) is -3.11. The van der Waals surface area contributed by atoms with Gasteiger partial charge in [-0.3, -0.25) is 14.6 Å². The highest BCUT2D eigenvalue weighted by Crippen LogP contribution is 2.04. The molecule has 2 amide bonds.